The van der Waals surface area contributed by atoms with Crippen molar-refractivity contribution in [3.63, 3.8) is 0 Å². The largest absolute Gasteiger partial charge is 0.451 e. The Morgan fingerprint density at radius 2 is 1.97 bits per heavy atom. The minimum Gasteiger partial charge on any atom is -0.391 e. The Balaban J connectivity index is 1.51. The summed E-state index contributed by atoms with van der Waals surface area (Å²) in [5.74, 6) is -1.18. The van der Waals surface area contributed by atoms with Gasteiger partial charge in [-0.05, 0) is 55.5 Å². The molecule has 6 nitrogen and oxygen atoms in total. The monoisotopic (exact) mass is 500 g/mol. The predicted molar refractivity (Wildman–Crippen MR) is 126 cm³/mol. The summed E-state index contributed by atoms with van der Waals surface area (Å²) < 4.78 is 40.8. The Morgan fingerprint density at radius 1 is 1.20 bits per heavy atom. The molecule has 1 N–H and O–H groups in total. The number of benzene rings is 1. The van der Waals surface area contributed by atoms with Crippen molar-refractivity contribution < 1.29 is 23.1 Å². The molecule has 0 spiro atoms. The fourth-order valence-electron chi connectivity index (χ4n) is 4.19. The first-order valence-corrected chi connectivity index (χ1v) is 12.0. The molecular weight excluding hydrogens is 477 g/mol. The Bertz CT molecular complexity index is 1230. The maximum Gasteiger partial charge on any atom is 0.451 e. The van der Waals surface area contributed by atoms with Crippen molar-refractivity contribution in [2.24, 2.45) is 0 Å². The maximum atomic E-state index is 13.6. The number of aliphatic hydroxyl groups excluding tert-OH is 1. The highest BCUT2D eigenvalue weighted by atomic mass is 32.1. The van der Waals surface area contributed by atoms with Crippen molar-refractivity contribution in [2.45, 2.75) is 50.9 Å². The van der Waals surface area contributed by atoms with Gasteiger partial charge in [0.15, 0.2) is 5.78 Å². The van der Waals surface area contributed by atoms with Gasteiger partial charge in [-0.15, -0.1) is 11.3 Å². The van der Waals surface area contributed by atoms with E-state index in [1.165, 1.54) is 6.07 Å². The summed E-state index contributed by atoms with van der Waals surface area (Å²) in [5, 5.41) is 18.2. The van der Waals surface area contributed by atoms with Gasteiger partial charge in [-0.25, -0.2) is 9.97 Å². The van der Waals surface area contributed by atoms with E-state index in [0.29, 0.717) is 54.0 Å². The molecule has 1 aliphatic heterocycles. The van der Waals surface area contributed by atoms with E-state index in [0.717, 1.165) is 16.9 Å². The quantitative estimate of drug-likeness (QED) is 0.460. The molecule has 0 aliphatic carbocycles. The van der Waals surface area contributed by atoms with Gasteiger partial charge in [-0.1, -0.05) is 12.1 Å². The van der Waals surface area contributed by atoms with Crippen LogP contribution < -0.4 is 4.90 Å². The number of carbonyl (C=O) groups excluding carboxylic acids is 1. The first kappa shape index (κ1) is 24.8. The molecular formula is C25H23F3N4O2S. The average molecular weight is 501 g/mol. The van der Waals surface area contributed by atoms with E-state index in [1.807, 2.05) is 12.1 Å². The highest BCUT2D eigenvalue weighted by Gasteiger charge is 2.38. The minimum absolute atomic E-state index is 0.0245. The lowest BCUT2D eigenvalue weighted by Gasteiger charge is -2.25. The Labute approximate surface area is 204 Å². The van der Waals surface area contributed by atoms with Gasteiger partial charge in [0.25, 0.3) is 0 Å². The molecule has 0 saturated carbocycles. The summed E-state index contributed by atoms with van der Waals surface area (Å²) in [5.41, 5.74) is 1.71. The molecule has 182 valence electrons. The van der Waals surface area contributed by atoms with Crippen molar-refractivity contribution in [1.29, 1.82) is 5.26 Å². The zero-order valence-electron chi connectivity index (χ0n) is 18.8. The molecule has 3 heterocycles. The summed E-state index contributed by atoms with van der Waals surface area (Å²) in [4.78, 5) is 23.3. The van der Waals surface area contributed by atoms with Crippen molar-refractivity contribution in [3.05, 3.63) is 64.3 Å². The Kier molecular flexibility index (Phi) is 7.48. The molecule has 0 amide bonds. The van der Waals surface area contributed by atoms with E-state index in [1.54, 1.807) is 29.2 Å². The molecule has 0 bridgehead atoms. The fraction of sp³-hybridized carbons (Fsp3) is 0.360. The molecule has 3 aromatic rings. The summed E-state index contributed by atoms with van der Waals surface area (Å²) in [6, 6.07) is 13.5. The number of anilines is 1. The molecule has 35 heavy (non-hydrogen) atoms. The van der Waals surface area contributed by atoms with E-state index in [-0.39, 0.29) is 23.9 Å². The summed E-state index contributed by atoms with van der Waals surface area (Å²) in [7, 11) is 0. The lowest BCUT2D eigenvalue weighted by Crippen LogP contribution is -2.37. The first-order chi connectivity index (χ1) is 16.8. The predicted octanol–water partition coefficient (Wildman–Crippen LogP) is 5.15. The number of hydrogen-bond donors (Lipinski definition) is 1. The topological polar surface area (TPSA) is 90.1 Å². The van der Waals surface area contributed by atoms with Gasteiger partial charge < -0.3 is 10.0 Å². The number of ketones is 1. The van der Waals surface area contributed by atoms with E-state index in [2.05, 4.69) is 16.0 Å². The normalized spacial score (nSPS) is 15.9. The number of halogens is 3. The lowest BCUT2D eigenvalue weighted by atomic mass is 10.0. The highest BCUT2D eigenvalue weighted by Crippen LogP contribution is 2.35. The maximum absolute atomic E-state index is 13.6. The third-order valence-corrected chi connectivity index (χ3v) is 7.02. The van der Waals surface area contributed by atoms with Gasteiger partial charge in [0.05, 0.1) is 34.9 Å². The standard InChI is InChI=1S/C25H23F3N4O2S/c26-25(27,28)24-30-19(22-11-10-18(15-33)35-22)13-23(31-24)32-12-2-4-20(32)21(34)5-1-3-16-6-8-17(14-29)9-7-16/h6-11,13,20,33H,1-5,12,15H2/t20-/m0/s1. The van der Waals surface area contributed by atoms with Crippen LogP contribution >= 0.6 is 11.3 Å². The number of aryl methyl sites for hydroxylation is 1. The zero-order valence-corrected chi connectivity index (χ0v) is 19.6. The van der Waals surface area contributed by atoms with Crippen LogP contribution in [0.5, 0.6) is 0 Å². The zero-order chi connectivity index (χ0) is 25.0. The number of aliphatic hydroxyl groups is 1. The number of Topliss-reactive ketones (excluding diaryl/α,β-unsaturated/α-hetero) is 1. The van der Waals surface area contributed by atoms with Crippen LogP contribution in [0.3, 0.4) is 0 Å². The second-order valence-electron chi connectivity index (χ2n) is 8.34. The number of nitrogens with zero attached hydrogens (tertiary/aromatic N) is 4. The van der Waals surface area contributed by atoms with Crippen molar-refractivity contribution in [2.75, 3.05) is 11.4 Å². The number of aromatic nitrogens is 2. The third kappa shape index (κ3) is 5.86. The van der Waals surface area contributed by atoms with Crippen LogP contribution in [0.2, 0.25) is 0 Å². The molecule has 4 rings (SSSR count). The van der Waals surface area contributed by atoms with E-state index in [9.17, 15) is 23.1 Å². The molecule has 10 heteroatoms. The van der Waals surface area contributed by atoms with Gasteiger partial charge in [0.1, 0.15) is 5.82 Å². The lowest BCUT2D eigenvalue weighted by molar-refractivity contribution is -0.144. The molecule has 1 atom stereocenters. The van der Waals surface area contributed by atoms with Gasteiger partial charge in [0.2, 0.25) is 5.82 Å². The number of nitriles is 1. The van der Waals surface area contributed by atoms with Crippen LogP contribution in [-0.4, -0.2) is 33.4 Å². The van der Waals surface area contributed by atoms with Crippen molar-refractivity contribution in [1.82, 2.24) is 9.97 Å². The van der Waals surface area contributed by atoms with Gasteiger partial charge in [-0.2, -0.15) is 18.4 Å². The second kappa shape index (κ2) is 10.5. The van der Waals surface area contributed by atoms with Gasteiger partial charge >= 0.3 is 6.18 Å². The number of hydrogen-bond acceptors (Lipinski definition) is 7. The second-order valence-corrected chi connectivity index (χ2v) is 9.51. The van der Waals surface area contributed by atoms with Crippen LogP contribution in [0.15, 0.2) is 42.5 Å². The van der Waals surface area contributed by atoms with Gasteiger partial charge in [-0.3, -0.25) is 4.79 Å². The average Bonchev–Trinajstić information content (AvgIpc) is 3.54. The summed E-state index contributed by atoms with van der Waals surface area (Å²) in [6.45, 7) is 0.228. The SMILES string of the molecule is N#Cc1ccc(CCCC(=O)[C@@H]2CCCN2c2cc(-c3ccc(CO)s3)nc(C(F)(F)F)n2)cc1. The Hall–Kier alpha value is -3.29. The molecule has 1 saturated heterocycles. The molecule has 1 aromatic carbocycles. The fourth-order valence-corrected chi connectivity index (χ4v) is 5.02. The van der Waals surface area contributed by atoms with Crippen LogP contribution in [0.4, 0.5) is 19.0 Å². The third-order valence-electron chi connectivity index (χ3n) is 5.93. The van der Waals surface area contributed by atoms with Crippen LogP contribution in [0.25, 0.3) is 10.6 Å². The number of thiophene rings is 1. The van der Waals surface area contributed by atoms with E-state index in [4.69, 9.17) is 5.26 Å². The smallest absolute Gasteiger partial charge is 0.391 e. The van der Waals surface area contributed by atoms with E-state index >= 15 is 0 Å². The number of carbonyl (C=O) groups is 1. The molecule has 0 radical (unpaired) electrons. The molecule has 1 fully saturated rings. The first-order valence-electron chi connectivity index (χ1n) is 11.2. The minimum atomic E-state index is -4.73. The molecule has 2 aromatic heterocycles. The Morgan fingerprint density at radius 3 is 2.63 bits per heavy atom. The van der Waals surface area contributed by atoms with E-state index < -0.39 is 18.0 Å². The number of alkyl halides is 3. The highest BCUT2D eigenvalue weighted by molar-refractivity contribution is 7.15. The van der Waals surface area contributed by atoms with Gasteiger partial charge in [0, 0.05) is 23.9 Å². The molecule has 0 unspecified atom stereocenters. The van der Waals surface area contributed by atoms with Crippen LogP contribution in [-0.2, 0) is 24.0 Å². The summed E-state index contributed by atoms with van der Waals surface area (Å²) in [6.07, 6.45) is -1.91. The van der Waals surface area contributed by atoms with Crippen LogP contribution in [0.1, 0.15) is 47.5 Å². The van der Waals surface area contributed by atoms with Crippen LogP contribution in [0, 0.1) is 11.3 Å². The number of rotatable bonds is 8. The molecule has 1 aliphatic rings. The summed E-state index contributed by atoms with van der Waals surface area (Å²) >= 11 is 1.16. The van der Waals surface area contributed by atoms with Crippen molar-refractivity contribution in [3.8, 4) is 16.6 Å². The van der Waals surface area contributed by atoms with Crippen molar-refractivity contribution >= 4 is 22.9 Å².